The number of nitrogens with zero attached hydrogens (tertiary/aromatic N) is 2. The summed E-state index contributed by atoms with van der Waals surface area (Å²) in [6, 6.07) is 7.02. The zero-order valence-corrected chi connectivity index (χ0v) is 14.8. The van der Waals surface area contributed by atoms with E-state index in [0.717, 1.165) is 17.7 Å². The number of carbonyl (C=O) groups excluding carboxylic acids is 1. The molecular formula is C18H17ClFN3O3. The molecule has 0 saturated heterocycles. The summed E-state index contributed by atoms with van der Waals surface area (Å²) in [5.74, 6) is -0.577. The Morgan fingerprint density at radius 3 is 2.85 bits per heavy atom. The fourth-order valence-corrected chi connectivity index (χ4v) is 3.43. The SMILES string of the molecule is Cc1ccc(F)c2c1N(CC(=O)Nc1ccc([N+](=O)[O-])cc1Cl)CCC2. The lowest BCUT2D eigenvalue weighted by molar-refractivity contribution is -0.384. The zero-order valence-electron chi connectivity index (χ0n) is 14.1. The van der Waals surface area contributed by atoms with Crippen LogP contribution in [0.4, 0.5) is 21.5 Å². The van der Waals surface area contributed by atoms with E-state index < -0.39 is 4.92 Å². The van der Waals surface area contributed by atoms with E-state index in [1.54, 1.807) is 6.07 Å². The van der Waals surface area contributed by atoms with E-state index in [1.165, 1.54) is 24.3 Å². The number of fused-ring (bicyclic) bond motifs is 1. The van der Waals surface area contributed by atoms with Crippen molar-refractivity contribution in [2.45, 2.75) is 19.8 Å². The lowest BCUT2D eigenvalue weighted by Gasteiger charge is -2.32. The number of carbonyl (C=O) groups is 1. The summed E-state index contributed by atoms with van der Waals surface area (Å²) >= 11 is 6.01. The van der Waals surface area contributed by atoms with Gasteiger partial charge in [-0.05, 0) is 37.5 Å². The molecule has 0 aliphatic carbocycles. The summed E-state index contributed by atoms with van der Waals surface area (Å²) in [6.45, 7) is 2.59. The average Bonchev–Trinajstić information content (AvgIpc) is 2.60. The summed E-state index contributed by atoms with van der Waals surface area (Å²) in [6.07, 6.45) is 1.41. The van der Waals surface area contributed by atoms with Gasteiger partial charge in [-0.1, -0.05) is 17.7 Å². The molecular weight excluding hydrogens is 361 g/mol. The fraction of sp³-hybridized carbons (Fsp3) is 0.278. The highest BCUT2D eigenvalue weighted by Crippen LogP contribution is 2.32. The highest BCUT2D eigenvalue weighted by Gasteiger charge is 2.24. The summed E-state index contributed by atoms with van der Waals surface area (Å²) in [7, 11) is 0. The number of halogens is 2. The van der Waals surface area contributed by atoms with Gasteiger partial charge in [-0.25, -0.2) is 4.39 Å². The number of nitro benzene ring substituents is 1. The second kappa shape index (κ2) is 7.29. The molecule has 0 atom stereocenters. The molecule has 0 saturated carbocycles. The van der Waals surface area contributed by atoms with Crippen LogP contribution in [0, 0.1) is 22.9 Å². The first kappa shape index (κ1) is 18.1. The molecule has 3 rings (SSSR count). The summed E-state index contributed by atoms with van der Waals surface area (Å²) in [5.41, 5.74) is 2.47. The van der Waals surface area contributed by atoms with Crippen LogP contribution < -0.4 is 10.2 Å². The van der Waals surface area contributed by atoms with Crippen molar-refractivity contribution in [1.82, 2.24) is 0 Å². The topological polar surface area (TPSA) is 75.5 Å². The number of nitro groups is 1. The van der Waals surface area contributed by atoms with Gasteiger partial charge in [0.05, 0.1) is 22.2 Å². The molecule has 26 heavy (non-hydrogen) atoms. The van der Waals surface area contributed by atoms with Crippen molar-refractivity contribution < 1.29 is 14.1 Å². The normalized spacial score (nSPS) is 13.3. The van der Waals surface area contributed by atoms with Crippen LogP contribution in [0.2, 0.25) is 5.02 Å². The molecule has 2 aromatic carbocycles. The Labute approximate surface area is 154 Å². The molecule has 1 aliphatic heterocycles. The van der Waals surface area contributed by atoms with Gasteiger partial charge < -0.3 is 10.2 Å². The minimum absolute atomic E-state index is 0.0462. The molecule has 0 spiro atoms. The van der Waals surface area contributed by atoms with E-state index in [-0.39, 0.29) is 29.0 Å². The largest absolute Gasteiger partial charge is 0.362 e. The zero-order chi connectivity index (χ0) is 18.8. The first-order valence-electron chi connectivity index (χ1n) is 8.13. The molecule has 136 valence electrons. The van der Waals surface area contributed by atoms with Crippen molar-refractivity contribution in [2.75, 3.05) is 23.3 Å². The smallest absolute Gasteiger partial charge is 0.271 e. The van der Waals surface area contributed by atoms with Crippen molar-refractivity contribution >= 4 is 34.6 Å². The van der Waals surface area contributed by atoms with Crippen LogP contribution in [0.15, 0.2) is 30.3 Å². The van der Waals surface area contributed by atoms with Crippen molar-refractivity contribution in [3.05, 3.63) is 62.4 Å². The second-order valence-corrected chi connectivity index (χ2v) is 6.59. The average molecular weight is 378 g/mol. The Hall–Kier alpha value is -2.67. The standard InChI is InChI=1S/C18H17ClFN3O3/c1-11-4-6-15(20)13-3-2-8-22(18(11)13)10-17(24)21-16-7-5-12(23(25)26)9-14(16)19/h4-7,9H,2-3,8,10H2,1H3,(H,21,24). The molecule has 1 heterocycles. The third-order valence-electron chi connectivity index (χ3n) is 4.37. The summed E-state index contributed by atoms with van der Waals surface area (Å²) in [4.78, 5) is 24.5. The van der Waals surface area contributed by atoms with E-state index in [2.05, 4.69) is 5.32 Å². The number of amides is 1. The number of benzene rings is 2. The van der Waals surface area contributed by atoms with Crippen molar-refractivity contribution in [1.29, 1.82) is 0 Å². The quantitative estimate of drug-likeness (QED) is 0.643. The number of hydrogen-bond donors (Lipinski definition) is 1. The molecule has 0 fully saturated rings. The van der Waals surface area contributed by atoms with Crippen molar-refractivity contribution in [3.8, 4) is 0 Å². The van der Waals surface area contributed by atoms with Gasteiger partial charge in [0.1, 0.15) is 5.82 Å². The van der Waals surface area contributed by atoms with Crippen LogP contribution in [0.1, 0.15) is 17.5 Å². The Bertz CT molecular complexity index is 888. The van der Waals surface area contributed by atoms with Crippen LogP contribution in [0.25, 0.3) is 0 Å². The molecule has 6 nitrogen and oxygen atoms in total. The lowest BCUT2D eigenvalue weighted by Crippen LogP contribution is -2.37. The van der Waals surface area contributed by atoms with Gasteiger partial charge in [-0.15, -0.1) is 0 Å². The highest BCUT2D eigenvalue weighted by atomic mass is 35.5. The first-order chi connectivity index (χ1) is 12.4. The summed E-state index contributed by atoms with van der Waals surface area (Å²) < 4.78 is 14.1. The highest BCUT2D eigenvalue weighted by molar-refractivity contribution is 6.34. The third kappa shape index (κ3) is 3.62. The maximum atomic E-state index is 14.1. The van der Waals surface area contributed by atoms with Crippen LogP contribution in [0.5, 0.6) is 0 Å². The maximum Gasteiger partial charge on any atom is 0.271 e. The third-order valence-corrected chi connectivity index (χ3v) is 4.68. The van der Waals surface area contributed by atoms with Crippen molar-refractivity contribution in [3.63, 3.8) is 0 Å². The minimum atomic E-state index is -0.556. The monoisotopic (exact) mass is 377 g/mol. The van der Waals surface area contributed by atoms with E-state index in [9.17, 15) is 19.3 Å². The molecule has 2 aromatic rings. The maximum absolute atomic E-state index is 14.1. The predicted octanol–water partition coefficient (Wildman–Crippen LogP) is 4.09. The lowest BCUT2D eigenvalue weighted by atomic mass is 9.97. The van der Waals surface area contributed by atoms with E-state index in [1.807, 2.05) is 11.8 Å². The Balaban J connectivity index is 1.76. The van der Waals surface area contributed by atoms with Gasteiger partial charge in [0.25, 0.3) is 5.69 Å². The van der Waals surface area contributed by atoms with E-state index in [4.69, 9.17) is 11.6 Å². The molecule has 8 heteroatoms. The van der Waals surface area contributed by atoms with Crippen LogP contribution in [0.3, 0.4) is 0 Å². The molecule has 0 bridgehead atoms. The molecule has 1 amide bonds. The van der Waals surface area contributed by atoms with Gasteiger partial charge >= 0.3 is 0 Å². The Morgan fingerprint density at radius 2 is 2.15 bits per heavy atom. The summed E-state index contributed by atoms with van der Waals surface area (Å²) in [5, 5.41) is 13.5. The molecule has 1 aliphatic rings. The van der Waals surface area contributed by atoms with Gasteiger partial charge in [0.15, 0.2) is 0 Å². The van der Waals surface area contributed by atoms with Gasteiger partial charge in [-0.3, -0.25) is 14.9 Å². The van der Waals surface area contributed by atoms with Crippen LogP contribution >= 0.6 is 11.6 Å². The van der Waals surface area contributed by atoms with E-state index >= 15 is 0 Å². The first-order valence-corrected chi connectivity index (χ1v) is 8.51. The molecule has 0 radical (unpaired) electrons. The molecule has 0 aromatic heterocycles. The number of nitrogens with one attached hydrogen (secondary N) is 1. The number of hydrogen-bond acceptors (Lipinski definition) is 4. The Kier molecular flexibility index (Phi) is 5.08. The number of rotatable bonds is 4. The van der Waals surface area contributed by atoms with Crippen LogP contribution in [-0.2, 0) is 11.2 Å². The van der Waals surface area contributed by atoms with Gasteiger partial charge in [0.2, 0.25) is 5.91 Å². The molecule has 0 unspecified atom stereocenters. The van der Waals surface area contributed by atoms with Crippen molar-refractivity contribution in [2.24, 2.45) is 0 Å². The van der Waals surface area contributed by atoms with E-state index in [0.29, 0.717) is 24.2 Å². The van der Waals surface area contributed by atoms with Crippen LogP contribution in [-0.4, -0.2) is 23.9 Å². The number of anilines is 2. The number of non-ortho nitro benzene ring substituents is 1. The van der Waals surface area contributed by atoms with Gasteiger partial charge in [-0.2, -0.15) is 0 Å². The predicted molar refractivity (Wildman–Crippen MR) is 98.4 cm³/mol. The molecule has 1 N–H and O–H groups in total. The fourth-order valence-electron chi connectivity index (χ4n) is 3.21. The minimum Gasteiger partial charge on any atom is -0.362 e. The van der Waals surface area contributed by atoms with Gasteiger partial charge in [0, 0.05) is 29.9 Å². The Morgan fingerprint density at radius 1 is 1.38 bits per heavy atom. The number of aryl methyl sites for hydroxylation is 1. The second-order valence-electron chi connectivity index (χ2n) is 6.19.